The molecule has 174 valence electrons. The molecule has 0 fully saturated rings. The predicted molar refractivity (Wildman–Crippen MR) is 153 cm³/mol. The molecular formula is C34H30N2+2. The second kappa shape index (κ2) is 8.75. The van der Waals surface area contributed by atoms with Crippen molar-refractivity contribution in [3.05, 3.63) is 133 Å². The number of benzene rings is 5. The number of aryl methyl sites for hydroxylation is 2. The summed E-state index contributed by atoms with van der Waals surface area (Å²) in [6.07, 6.45) is 0. The molecule has 0 aliphatic carbocycles. The van der Waals surface area contributed by atoms with E-state index in [1.54, 1.807) is 0 Å². The maximum absolute atomic E-state index is 2.31. The van der Waals surface area contributed by atoms with E-state index in [2.05, 4.69) is 153 Å². The first-order chi connectivity index (χ1) is 17.6. The Labute approximate surface area is 212 Å². The molecule has 1 aromatic heterocycles. The van der Waals surface area contributed by atoms with Gasteiger partial charge in [0.2, 0.25) is 11.2 Å². The molecular weight excluding hydrogens is 436 g/mol. The third-order valence-corrected chi connectivity index (χ3v) is 7.67. The Morgan fingerprint density at radius 1 is 0.556 bits per heavy atom. The number of pyridine rings is 1. The molecule has 6 aromatic rings. The smallest absolute Gasteiger partial charge is 0.213 e. The molecule has 0 aliphatic rings. The standard InChI is InChI=1S/C34H30N2/c1-25-30(32-24-22-26-13-10-11-19-31(26)35(32)2)23-21-27-14-12-20-33(34(25)27)36(3,28-15-6-4-7-16-28)29-17-8-5-9-18-29/h4-24H,1-3H3/q+2. The first-order valence-corrected chi connectivity index (χ1v) is 12.5. The van der Waals surface area contributed by atoms with Crippen molar-refractivity contribution in [2.75, 3.05) is 7.05 Å². The summed E-state index contributed by atoms with van der Waals surface area (Å²) in [5.41, 5.74) is 8.75. The van der Waals surface area contributed by atoms with Gasteiger partial charge in [-0.05, 0) is 60.3 Å². The molecule has 6 rings (SSSR count). The Morgan fingerprint density at radius 3 is 1.83 bits per heavy atom. The number of quaternary nitrogens is 1. The molecule has 1 heterocycles. The quantitative estimate of drug-likeness (QED) is 0.181. The van der Waals surface area contributed by atoms with Crippen LogP contribution in [0.1, 0.15) is 5.56 Å². The van der Waals surface area contributed by atoms with E-state index in [-0.39, 0.29) is 0 Å². The van der Waals surface area contributed by atoms with Crippen LogP contribution in [0.15, 0.2) is 127 Å². The van der Waals surface area contributed by atoms with E-state index in [0.717, 1.165) is 0 Å². The van der Waals surface area contributed by atoms with E-state index >= 15 is 0 Å². The van der Waals surface area contributed by atoms with Gasteiger partial charge in [0.05, 0.1) is 7.05 Å². The molecule has 0 radical (unpaired) electrons. The molecule has 5 aromatic carbocycles. The van der Waals surface area contributed by atoms with Crippen LogP contribution < -0.4 is 9.05 Å². The molecule has 0 N–H and O–H groups in total. The lowest BCUT2D eigenvalue weighted by Crippen LogP contribution is -2.34. The lowest BCUT2D eigenvalue weighted by Gasteiger charge is -2.34. The molecule has 0 spiro atoms. The largest absolute Gasteiger partial charge is 0.229 e. The highest BCUT2D eigenvalue weighted by atomic mass is 15.3. The Bertz CT molecular complexity index is 1660. The average Bonchev–Trinajstić information content (AvgIpc) is 2.94. The molecule has 2 nitrogen and oxygen atoms in total. The topological polar surface area (TPSA) is 3.88 Å². The van der Waals surface area contributed by atoms with E-state index < -0.39 is 0 Å². The van der Waals surface area contributed by atoms with Crippen LogP contribution in [0.3, 0.4) is 0 Å². The summed E-state index contributed by atoms with van der Waals surface area (Å²) in [5, 5.41) is 3.81. The lowest BCUT2D eigenvalue weighted by atomic mass is 9.94. The van der Waals surface area contributed by atoms with Crippen LogP contribution in [-0.2, 0) is 7.05 Å². The van der Waals surface area contributed by atoms with Crippen LogP contribution in [-0.4, -0.2) is 7.05 Å². The maximum Gasteiger partial charge on any atom is 0.213 e. The van der Waals surface area contributed by atoms with Crippen molar-refractivity contribution in [3.63, 3.8) is 0 Å². The van der Waals surface area contributed by atoms with Crippen LogP contribution in [0.25, 0.3) is 32.9 Å². The zero-order chi connectivity index (χ0) is 24.7. The van der Waals surface area contributed by atoms with E-state index in [4.69, 9.17) is 0 Å². The fourth-order valence-corrected chi connectivity index (χ4v) is 5.68. The second-order valence-electron chi connectivity index (χ2n) is 9.63. The van der Waals surface area contributed by atoms with Gasteiger partial charge in [0.1, 0.15) is 18.4 Å². The fourth-order valence-electron chi connectivity index (χ4n) is 5.68. The molecule has 0 bridgehead atoms. The zero-order valence-corrected chi connectivity index (χ0v) is 21.0. The van der Waals surface area contributed by atoms with Gasteiger partial charge in [-0.1, -0.05) is 66.7 Å². The van der Waals surface area contributed by atoms with Gasteiger partial charge in [0, 0.05) is 34.5 Å². The third-order valence-electron chi connectivity index (χ3n) is 7.67. The number of nitrogens with zero attached hydrogens (tertiary/aromatic N) is 2. The first-order valence-electron chi connectivity index (χ1n) is 12.5. The van der Waals surface area contributed by atoms with E-state index in [9.17, 15) is 0 Å². The summed E-state index contributed by atoms with van der Waals surface area (Å²) in [5.74, 6) is 0. The van der Waals surface area contributed by atoms with Crippen molar-refractivity contribution in [3.8, 4) is 11.3 Å². The summed E-state index contributed by atoms with van der Waals surface area (Å²) >= 11 is 0. The second-order valence-corrected chi connectivity index (χ2v) is 9.63. The average molecular weight is 467 g/mol. The van der Waals surface area contributed by atoms with Gasteiger partial charge in [-0.2, -0.15) is 4.57 Å². The summed E-state index contributed by atoms with van der Waals surface area (Å²) in [4.78, 5) is 0. The van der Waals surface area contributed by atoms with Crippen LogP contribution in [0, 0.1) is 6.92 Å². The summed E-state index contributed by atoms with van der Waals surface area (Å²) in [6, 6.07) is 46.0. The number of rotatable bonds is 4. The molecule has 0 atom stereocenters. The highest BCUT2D eigenvalue weighted by Gasteiger charge is 2.34. The van der Waals surface area contributed by atoms with Crippen LogP contribution in [0.5, 0.6) is 0 Å². The first kappa shape index (κ1) is 22.2. The van der Waals surface area contributed by atoms with Crippen LogP contribution in [0.4, 0.5) is 17.1 Å². The van der Waals surface area contributed by atoms with Gasteiger partial charge in [0.15, 0.2) is 5.69 Å². The highest BCUT2D eigenvalue weighted by Crippen LogP contribution is 2.46. The van der Waals surface area contributed by atoms with Crippen molar-refractivity contribution < 1.29 is 4.57 Å². The fraction of sp³-hybridized carbons (Fsp3) is 0.0882. The molecule has 0 saturated heterocycles. The Morgan fingerprint density at radius 2 is 1.14 bits per heavy atom. The number of fused-ring (bicyclic) bond motifs is 2. The minimum absolute atomic E-state index is 0.590. The third kappa shape index (κ3) is 3.42. The van der Waals surface area contributed by atoms with Gasteiger partial charge >= 0.3 is 0 Å². The number of aromatic nitrogens is 1. The Kier molecular flexibility index (Phi) is 5.40. The summed E-state index contributed by atoms with van der Waals surface area (Å²) in [7, 11) is 4.48. The zero-order valence-electron chi connectivity index (χ0n) is 21.0. The van der Waals surface area contributed by atoms with E-state index in [0.29, 0.717) is 4.48 Å². The van der Waals surface area contributed by atoms with Crippen molar-refractivity contribution in [1.29, 1.82) is 0 Å². The van der Waals surface area contributed by atoms with Gasteiger partial charge in [0.25, 0.3) is 0 Å². The summed E-state index contributed by atoms with van der Waals surface area (Å²) in [6.45, 7) is 2.27. The van der Waals surface area contributed by atoms with Crippen LogP contribution >= 0.6 is 0 Å². The van der Waals surface area contributed by atoms with Crippen molar-refractivity contribution in [2.45, 2.75) is 6.92 Å². The maximum atomic E-state index is 2.31. The van der Waals surface area contributed by atoms with Gasteiger partial charge < -0.3 is 0 Å². The molecule has 36 heavy (non-hydrogen) atoms. The van der Waals surface area contributed by atoms with Gasteiger partial charge in [-0.3, -0.25) is 0 Å². The van der Waals surface area contributed by atoms with Crippen LogP contribution in [0.2, 0.25) is 0 Å². The SMILES string of the molecule is Cc1c(-c2ccc3ccccc3[n+]2C)ccc2cccc([N+](C)(c3ccccc3)c3ccccc3)c12. The number of hydrogen-bond donors (Lipinski definition) is 0. The number of hydrogen-bond acceptors (Lipinski definition) is 0. The normalized spacial score (nSPS) is 11.8. The minimum Gasteiger partial charge on any atom is -0.229 e. The lowest BCUT2D eigenvalue weighted by molar-refractivity contribution is -0.633. The highest BCUT2D eigenvalue weighted by molar-refractivity contribution is 6.01. The van der Waals surface area contributed by atoms with Gasteiger partial charge in [-0.15, -0.1) is 0 Å². The molecule has 0 amide bonds. The van der Waals surface area contributed by atoms with E-state index in [1.165, 1.54) is 55.6 Å². The Hall–Kier alpha value is -4.27. The monoisotopic (exact) mass is 466 g/mol. The van der Waals surface area contributed by atoms with Crippen molar-refractivity contribution >= 4 is 38.7 Å². The molecule has 0 unspecified atom stereocenters. The van der Waals surface area contributed by atoms with Crippen molar-refractivity contribution in [1.82, 2.24) is 4.48 Å². The summed E-state index contributed by atoms with van der Waals surface area (Å²) < 4.78 is 2.90. The molecule has 2 heteroatoms. The minimum atomic E-state index is 0.590. The Balaban J connectivity index is 1.67. The van der Waals surface area contributed by atoms with Crippen molar-refractivity contribution in [2.24, 2.45) is 7.05 Å². The van der Waals surface area contributed by atoms with E-state index in [1.807, 2.05) is 0 Å². The van der Waals surface area contributed by atoms with Gasteiger partial charge in [-0.25, -0.2) is 4.48 Å². The number of para-hydroxylation sites is 3. The molecule has 0 aliphatic heterocycles. The molecule has 0 saturated carbocycles. The predicted octanol–water partition coefficient (Wildman–Crippen LogP) is 8.39.